The number of carbonyl (C=O) groups is 1. The summed E-state index contributed by atoms with van der Waals surface area (Å²) in [5.74, 6) is 0.181. The van der Waals surface area contributed by atoms with Crippen molar-refractivity contribution in [2.75, 3.05) is 24.7 Å². The second-order valence-corrected chi connectivity index (χ2v) is 8.42. The number of ether oxygens (including phenoxy) is 2. The SMILES string of the molecule is C[C@]1(Cc2ccc(C#N)cc2)NC(=NCC2OCCO2)N(c2cc(Cl)cc(Cl)c2)C1=O. The highest BCUT2D eigenvalue weighted by molar-refractivity contribution is 6.36. The molecule has 2 aromatic carbocycles. The number of nitriles is 1. The summed E-state index contributed by atoms with van der Waals surface area (Å²) < 4.78 is 10.9. The Morgan fingerprint density at radius 1 is 1.19 bits per heavy atom. The second kappa shape index (κ2) is 8.85. The van der Waals surface area contributed by atoms with Gasteiger partial charge < -0.3 is 14.8 Å². The normalized spacial score (nSPS) is 22.7. The molecule has 1 atom stereocenters. The third-order valence-electron chi connectivity index (χ3n) is 5.10. The fraction of sp³-hybridized carbons (Fsp3) is 0.318. The highest BCUT2D eigenvalue weighted by atomic mass is 35.5. The molecule has 0 aromatic heterocycles. The maximum atomic E-state index is 13.6. The first kappa shape index (κ1) is 21.6. The molecule has 0 spiro atoms. The van der Waals surface area contributed by atoms with Gasteiger partial charge in [0.2, 0.25) is 5.96 Å². The third kappa shape index (κ3) is 4.68. The zero-order chi connectivity index (χ0) is 22.0. The number of hydrogen-bond donors (Lipinski definition) is 1. The summed E-state index contributed by atoms with van der Waals surface area (Å²) in [6, 6.07) is 14.2. The molecule has 1 amide bonds. The van der Waals surface area contributed by atoms with Crippen LogP contribution in [0.3, 0.4) is 0 Å². The van der Waals surface area contributed by atoms with Gasteiger partial charge in [-0.15, -0.1) is 0 Å². The lowest BCUT2D eigenvalue weighted by Gasteiger charge is -2.22. The molecule has 1 N–H and O–H groups in total. The van der Waals surface area contributed by atoms with Crippen LogP contribution in [0.15, 0.2) is 47.5 Å². The summed E-state index contributed by atoms with van der Waals surface area (Å²) in [7, 11) is 0. The van der Waals surface area contributed by atoms with E-state index in [4.69, 9.17) is 37.9 Å². The lowest BCUT2D eigenvalue weighted by atomic mass is 9.92. The summed E-state index contributed by atoms with van der Waals surface area (Å²) in [6.07, 6.45) is -0.0442. The predicted octanol–water partition coefficient (Wildman–Crippen LogP) is 3.53. The van der Waals surface area contributed by atoms with Crippen LogP contribution in [-0.4, -0.2) is 43.5 Å². The number of amides is 1. The van der Waals surface area contributed by atoms with Crippen LogP contribution in [-0.2, 0) is 20.7 Å². The van der Waals surface area contributed by atoms with Gasteiger partial charge in [0.15, 0.2) is 6.29 Å². The van der Waals surface area contributed by atoms with Crippen molar-refractivity contribution in [3.05, 3.63) is 63.6 Å². The van der Waals surface area contributed by atoms with Gasteiger partial charge in [-0.05, 0) is 42.8 Å². The highest BCUT2D eigenvalue weighted by Crippen LogP contribution is 2.31. The van der Waals surface area contributed by atoms with E-state index in [2.05, 4.69) is 16.4 Å². The molecule has 31 heavy (non-hydrogen) atoms. The Morgan fingerprint density at radius 3 is 2.45 bits per heavy atom. The number of nitrogens with one attached hydrogen (secondary N) is 1. The van der Waals surface area contributed by atoms with E-state index in [1.807, 2.05) is 19.1 Å². The Labute approximate surface area is 190 Å². The van der Waals surface area contributed by atoms with Crippen LogP contribution < -0.4 is 10.2 Å². The molecule has 2 aliphatic rings. The molecule has 2 aromatic rings. The van der Waals surface area contributed by atoms with Crippen molar-refractivity contribution in [1.29, 1.82) is 5.26 Å². The van der Waals surface area contributed by atoms with E-state index in [1.165, 1.54) is 4.90 Å². The maximum Gasteiger partial charge on any atom is 0.259 e. The molecule has 2 aliphatic heterocycles. The Bertz CT molecular complexity index is 1040. The molecule has 0 radical (unpaired) electrons. The number of hydrogen-bond acceptors (Lipinski definition) is 5. The highest BCUT2D eigenvalue weighted by Gasteiger charge is 2.47. The quantitative estimate of drug-likeness (QED) is 0.740. The summed E-state index contributed by atoms with van der Waals surface area (Å²) in [6.45, 7) is 3.10. The van der Waals surface area contributed by atoms with Gasteiger partial charge in [-0.3, -0.25) is 4.79 Å². The third-order valence-corrected chi connectivity index (χ3v) is 5.54. The molecular weight excluding hydrogens is 439 g/mol. The minimum atomic E-state index is -0.959. The van der Waals surface area contributed by atoms with Crippen LogP contribution in [0.5, 0.6) is 0 Å². The molecule has 2 heterocycles. The number of carbonyl (C=O) groups excluding carboxylic acids is 1. The summed E-state index contributed by atoms with van der Waals surface area (Å²) in [5.41, 5.74) is 1.04. The van der Waals surface area contributed by atoms with Crippen molar-refractivity contribution in [3.8, 4) is 6.07 Å². The average Bonchev–Trinajstić information content (AvgIpc) is 3.33. The van der Waals surface area contributed by atoms with Gasteiger partial charge in [0.1, 0.15) is 5.54 Å². The molecule has 160 valence electrons. The van der Waals surface area contributed by atoms with Gasteiger partial charge in [0.05, 0.1) is 37.1 Å². The number of rotatable bonds is 5. The Hall–Kier alpha value is -2.63. The van der Waals surface area contributed by atoms with Crippen LogP contribution in [0.25, 0.3) is 0 Å². The molecule has 7 nitrogen and oxygen atoms in total. The number of aliphatic imine (C=N–C) groups is 1. The molecule has 2 saturated heterocycles. The van der Waals surface area contributed by atoms with Crippen LogP contribution in [0, 0.1) is 11.3 Å². The van der Waals surface area contributed by atoms with E-state index in [1.54, 1.807) is 30.3 Å². The van der Waals surface area contributed by atoms with E-state index >= 15 is 0 Å². The Balaban J connectivity index is 1.66. The van der Waals surface area contributed by atoms with Crippen molar-refractivity contribution in [1.82, 2.24) is 5.32 Å². The van der Waals surface area contributed by atoms with Crippen molar-refractivity contribution in [3.63, 3.8) is 0 Å². The van der Waals surface area contributed by atoms with Crippen molar-refractivity contribution in [2.24, 2.45) is 4.99 Å². The van der Waals surface area contributed by atoms with Gasteiger partial charge in [-0.1, -0.05) is 35.3 Å². The monoisotopic (exact) mass is 458 g/mol. The minimum absolute atomic E-state index is 0.192. The maximum absolute atomic E-state index is 13.6. The summed E-state index contributed by atoms with van der Waals surface area (Å²) >= 11 is 12.4. The smallest absolute Gasteiger partial charge is 0.259 e. The van der Waals surface area contributed by atoms with E-state index in [9.17, 15) is 4.79 Å². The van der Waals surface area contributed by atoms with Crippen molar-refractivity contribution < 1.29 is 14.3 Å². The minimum Gasteiger partial charge on any atom is -0.348 e. The summed E-state index contributed by atoms with van der Waals surface area (Å²) in [5, 5.41) is 13.1. The zero-order valence-corrected chi connectivity index (χ0v) is 18.3. The van der Waals surface area contributed by atoms with Crippen LogP contribution in [0.1, 0.15) is 18.1 Å². The molecule has 9 heteroatoms. The fourth-order valence-electron chi connectivity index (χ4n) is 3.62. The van der Waals surface area contributed by atoms with Gasteiger partial charge >= 0.3 is 0 Å². The predicted molar refractivity (Wildman–Crippen MR) is 118 cm³/mol. The van der Waals surface area contributed by atoms with E-state index < -0.39 is 11.8 Å². The molecule has 0 saturated carbocycles. The van der Waals surface area contributed by atoms with Gasteiger partial charge in [-0.2, -0.15) is 5.26 Å². The van der Waals surface area contributed by atoms with E-state index in [0.717, 1.165) is 5.56 Å². The lowest BCUT2D eigenvalue weighted by Crippen LogP contribution is -2.46. The first-order chi connectivity index (χ1) is 14.9. The number of guanidine groups is 1. The molecule has 0 aliphatic carbocycles. The number of anilines is 1. The second-order valence-electron chi connectivity index (χ2n) is 7.55. The molecule has 0 bridgehead atoms. The van der Waals surface area contributed by atoms with Gasteiger partial charge in [0.25, 0.3) is 5.91 Å². The summed E-state index contributed by atoms with van der Waals surface area (Å²) in [4.78, 5) is 19.6. The Kier molecular flexibility index (Phi) is 6.17. The van der Waals surface area contributed by atoms with Crippen LogP contribution in [0.4, 0.5) is 5.69 Å². The van der Waals surface area contributed by atoms with Crippen molar-refractivity contribution >= 4 is 40.8 Å². The van der Waals surface area contributed by atoms with Crippen molar-refractivity contribution in [2.45, 2.75) is 25.2 Å². The lowest BCUT2D eigenvalue weighted by molar-refractivity contribution is -0.121. The van der Waals surface area contributed by atoms with Crippen LogP contribution in [0.2, 0.25) is 10.0 Å². The average molecular weight is 459 g/mol. The number of benzene rings is 2. The topological polar surface area (TPSA) is 86.9 Å². The fourth-order valence-corrected chi connectivity index (χ4v) is 4.13. The van der Waals surface area contributed by atoms with E-state index in [-0.39, 0.29) is 12.5 Å². The first-order valence-corrected chi connectivity index (χ1v) is 10.5. The molecule has 2 fully saturated rings. The standard InChI is InChI=1S/C22H20Cl2N4O3/c1-22(11-14-2-4-15(12-25)5-3-14)20(29)28(18-9-16(23)8-17(24)10-18)21(27-22)26-13-19-30-6-7-31-19/h2-5,8-10,19H,6-7,11,13H2,1H3,(H,26,27)/t22-/m1/s1. The largest absolute Gasteiger partial charge is 0.348 e. The van der Waals surface area contributed by atoms with Gasteiger partial charge in [0, 0.05) is 16.5 Å². The van der Waals surface area contributed by atoms with Crippen LogP contribution >= 0.6 is 23.2 Å². The number of nitrogens with zero attached hydrogens (tertiary/aromatic N) is 3. The van der Waals surface area contributed by atoms with E-state index in [0.29, 0.717) is 46.9 Å². The Morgan fingerprint density at radius 2 is 1.84 bits per heavy atom. The molecular formula is C22H20Cl2N4O3. The van der Waals surface area contributed by atoms with Gasteiger partial charge in [-0.25, -0.2) is 9.89 Å². The molecule has 4 rings (SSSR count). The first-order valence-electron chi connectivity index (χ1n) is 9.73. The molecule has 0 unspecified atom stereocenters. The number of halogens is 2. The zero-order valence-electron chi connectivity index (χ0n) is 16.8.